The standard InChI is InChI=1S/C11H21NO3/c1-2-10(14-5-1)3-6-13-9-11-8-12-4-7-15-11/h10-12H,1-9H2. The van der Waals surface area contributed by atoms with Crippen LogP contribution in [0.25, 0.3) is 0 Å². The van der Waals surface area contributed by atoms with Gasteiger partial charge in [-0.2, -0.15) is 0 Å². The van der Waals surface area contributed by atoms with Crippen LogP contribution in [0.2, 0.25) is 0 Å². The van der Waals surface area contributed by atoms with Crippen molar-refractivity contribution in [3.05, 3.63) is 0 Å². The van der Waals surface area contributed by atoms with Crippen LogP contribution in [-0.2, 0) is 14.2 Å². The van der Waals surface area contributed by atoms with Crippen LogP contribution in [0.1, 0.15) is 19.3 Å². The molecule has 4 nitrogen and oxygen atoms in total. The number of ether oxygens (including phenoxy) is 3. The highest BCUT2D eigenvalue weighted by Gasteiger charge is 2.16. The van der Waals surface area contributed by atoms with Gasteiger partial charge >= 0.3 is 0 Å². The van der Waals surface area contributed by atoms with E-state index < -0.39 is 0 Å². The van der Waals surface area contributed by atoms with Crippen LogP contribution in [0.3, 0.4) is 0 Å². The largest absolute Gasteiger partial charge is 0.379 e. The zero-order valence-electron chi connectivity index (χ0n) is 9.24. The zero-order valence-corrected chi connectivity index (χ0v) is 9.24. The van der Waals surface area contributed by atoms with Crippen molar-refractivity contribution in [2.45, 2.75) is 31.5 Å². The van der Waals surface area contributed by atoms with Gasteiger partial charge in [0.2, 0.25) is 0 Å². The highest BCUT2D eigenvalue weighted by molar-refractivity contribution is 4.67. The molecule has 2 unspecified atom stereocenters. The van der Waals surface area contributed by atoms with Crippen molar-refractivity contribution < 1.29 is 14.2 Å². The second kappa shape index (κ2) is 6.43. The first kappa shape index (κ1) is 11.3. The van der Waals surface area contributed by atoms with E-state index in [9.17, 15) is 0 Å². The first-order valence-electron chi connectivity index (χ1n) is 5.97. The van der Waals surface area contributed by atoms with Crippen LogP contribution in [-0.4, -0.2) is 51.7 Å². The maximum absolute atomic E-state index is 5.59. The van der Waals surface area contributed by atoms with Gasteiger partial charge in [-0.25, -0.2) is 0 Å². The van der Waals surface area contributed by atoms with Crippen molar-refractivity contribution in [3.8, 4) is 0 Å². The predicted octanol–water partition coefficient (Wildman–Crippen LogP) is 0.560. The molecule has 2 rings (SSSR count). The van der Waals surface area contributed by atoms with E-state index in [4.69, 9.17) is 14.2 Å². The maximum atomic E-state index is 5.59. The van der Waals surface area contributed by atoms with E-state index in [2.05, 4.69) is 5.32 Å². The molecule has 0 saturated carbocycles. The summed E-state index contributed by atoms with van der Waals surface area (Å²) in [7, 11) is 0. The molecule has 0 spiro atoms. The molecule has 2 atom stereocenters. The van der Waals surface area contributed by atoms with Gasteiger partial charge < -0.3 is 19.5 Å². The van der Waals surface area contributed by atoms with E-state index in [1.807, 2.05) is 0 Å². The van der Waals surface area contributed by atoms with Gasteiger partial charge in [0.1, 0.15) is 0 Å². The van der Waals surface area contributed by atoms with Crippen LogP contribution < -0.4 is 5.32 Å². The number of morpholine rings is 1. The topological polar surface area (TPSA) is 39.7 Å². The third kappa shape index (κ3) is 4.07. The molecule has 0 amide bonds. The Labute approximate surface area is 91.3 Å². The van der Waals surface area contributed by atoms with E-state index >= 15 is 0 Å². The highest BCUT2D eigenvalue weighted by atomic mass is 16.5. The molecule has 0 aromatic rings. The SMILES string of the molecule is C1COC(CCOCC2CNCCO2)C1. The van der Waals surface area contributed by atoms with Gasteiger partial charge in [-0.3, -0.25) is 0 Å². The summed E-state index contributed by atoms with van der Waals surface area (Å²) in [6.45, 7) is 5.12. The Bertz CT molecular complexity index is 165. The fourth-order valence-electron chi connectivity index (χ4n) is 2.03. The van der Waals surface area contributed by atoms with Crippen molar-refractivity contribution in [2.24, 2.45) is 0 Å². The third-order valence-electron chi connectivity index (χ3n) is 2.92. The molecule has 0 aliphatic carbocycles. The summed E-state index contributed by atoms with van der Waals surface area (Å²) in [5.74, 6) is 0. The molecule has 2 aliphatic rings. The van der Waals surface area contributed by atoms with E-state index in [0.717, 1.165) is 39.3 Å². The molecule has 2 aliphatic heterocycles. The molecular formula is C11H21NO3. The van der Waals surface area contributed by atoms with E-state index in [1.54, 1.807) is 0 Å². The molecule has 88 valence electrons. The summed E-state index contributed by atoms with van der Waals surface area (Å²) in [5.41, 5.74) is 0. The number of nitrogens with one attached hydrogen (secondary N) is 1. The molecule has 0 radical (unpaired) electrons. The smallest absolute Gasteiger partial charge is 0.0933 e. The Balaban J connectivity index is 1.47. The average Bonchev–Trinajstić information content (AvgIpc) is 2.79. The van der Waals surface area contributed by atoms with Crippen molar-refractivity contribution in [2.75, 3.05) is 39.5 Å². The van der Waals surface area contributed by atoms with Gasteiger partial charge in [-0.1, -0.05) is 0 Å². The van der Waals surface area contributed by atoms with E-state index in [-0.39, 0.29) is 6.10 Å². The lowest BCUT2D eigenvalue weighted by Gasteiger charge is -2.23. The highest BCUT2D eigenvalue weighted by Crippen LogP contribution is 2.15. The average molecular weight is 215 g/mol. The third-order valence-corrected chi connectivity index (χ3v) is 2.92. The lowest BCUT2D eigenvalue weighted by molar-refractivity contribution is -0.0374. The molecule has 4 heteroatoms. The molecule has 1 N–H and O–H groups in total. The fourth-order valence-corrected chi connectivity index (χ4v) is 2.03. The van der Waals surface area contributed by atoms with Crippen molar-refractivity contribution >= 4 is 0 Å². The summed E-state index contributed by atoms with van der Waals surface area (Å²) < 4.78 is 16.6. The zero-order chi connectivity index (χ0) is 10.3. The fraction of sp³-hybridized carbons (Fsp3) is 1.00. The Morgan fingerprint density at radius 2 is 2.13 bits per heavy atom. The van der Waals surface area contributed by atoms with E-state index in [1.165, 1.54) is 12.8 Å². The predicted molar refractivity (Wildman–Crippen MR) is 57.0 cm³/mol. The van der Waals surface area contributed by atoms with Crippen LogP contribution in [0.15, 0.2) is 0 Å². The first-order chi connectivity index (χ1) is 7.45. The second-order valence-corrected chi connectivity index (χ2v) is 4.20. The lowest BCUT2D eigenvalue weighted by atomic mass is 10.2. The monoisotopic (exact) mass is 215 g/mol. The summed E-state index contributed by atoms with van der Waals surface area (Å²) in [5, 5.41) is 3.29. The first-order valence-corrected chi connectivity index (χ1v) is 5.97. The van der Waals surface area contributed by atoms with Crippen LogP contribution in [0, 0.1) is 0 Å². The summed E-state index contributed by atoms with van der Waals surface area (Å²) in [6, 6.07) is 0. The molecule has 2 saturated heterocycles. The minimum atomic E-state index is 0.239. The van der Waals surface area contributed by atoms with Gasteiger partial charge in [0.05, 0.1) is 25.4 Å². The Kier molecular flexibility index (Phi) is 4.86. The van der Waals surface area contributed by atoms with Gasteiger partial charge in [0.25, 0.3) is 0 Å². The summed E-state index contributed by atoms with van der Waals surface area (Å²) >= 11 is 0. The van der Waals surface area contributed by atoms with Crippen LogP contribution in [0.5, 0.6) is 0 Å². The molecule has 0 aromatic carbocycles. The molecule has 0 bridgehead atoms. The Morgan fingerprint density at radius 3 is 2.87 bits per heavy atom. The lowest BCUT2D eigenvalue weighted by Crippen LogP contribution is -2.41. The summed E-state index contributed by atoms with van der Waals surface area (Å²) in [4.78, 5) is 0. The van der Waals surface area contributed by atoms with E-state index in [0.29, 0.717) is 12.7 Å². The normalized spacial score (nSPS) is 32.0. The number of rotatable bonds is 5. The van der Waals surface area contributed by atoms with Crippen LogP contribution >= 0.6 is 0 Å². The minimum Gasteiger partial charge on any atom is -0.379 e. The van der Waals surface area contributed by atoms with Crippen LogP contribution in [0.4, 0.5) is 0 Å². The number of hydrogen-bond acceptors (Lipinski definition) is 4. The van der Waals surface area contributed by atoms with Crippen molar-refractivity contribution in [1.82, 2.24) is 5.32 Å². The molecule has 2 heterocycles. The Hall–Kier alpha value is -0.160. The van der Waals surface area contributed by atoms with Gasteiger partial charge in [-0.05, 0) is 19.3 Å². The minimum absolute atomic E-state index is 0.239. The van der Waals surface area contributed by atoms with Crippen molar-refractivity contribution in [3.63, 3.8) is 0 Å². The quantitative estimate of drug-likeness (QED) is 0.680. The molecule has 15 heavy (non-hydrogen) atoms. The van der Waals surface area contributed by atoms with Crippen molar-refractivity contribution in [1.29, 1.82) is 0 Å². The maximum Gasteiger partial charge on any atom is 0.0933 e. The molecule has 0 aromatic heterocycles. The summed E-state index contributed by atoms with van der Waals surface area (Å²) in [6.07, 6.45) is 4.12. The van der Waals surface area contributed by atoms with Gasteiger partial charge in [-0.15, -0.1) is 0 Å². The molecular weight excluding hydrogens is 194 g/mol. The number of hydrogen-bond donors (Lipinski definition) is 1. The van der Waals surface area contributed by atoms with Gasteiger partial charge in [0.15, 0.2) is 0 Å². The van der Waals surface area contributed by atoms with Gasteiger partial charge in [0, 0.05) is 26.3 Å². The second-order valence-electron chi connectivity index (χ2n) is 4.20. The molecule has 2 fully saturated rings. The Morgan fingerprint density at radius 1 is 1.20 bits per heavy atom.